The number of sulfonamides is 1. The Morgan fingerprint density at radius 3 is 2.32 bits per heavy atom. The highest BCUT2D eigenvalue weighted by Gasteiger charge is 2.19. The number of methoxy groups -OCH3 is 2. The van der Waals surface area contributed by atoms with Gasteiger partial charge in [-0.15, -0.1) is 0 Å². The summed E-state index contributed by atoms with van der Waals surface area (Å²) in [5.41, 5.74) is 1.00. The number of benzene rings is 2. The predicted molar refractivity (Wildman–Crippen MR) is 107 cm³/mol. The summed E-state index contributed by atoms with van der Waals surface area (Å²) in [5.74, 6) is 0.870. The van der Waals surface area contributed by atoms with E-state index in [9.17, 15) is 13.2 Å². The van der Waals surface area contributed by atoms with Crippen molar-refractivity contribution in [1.82, 2.24) is 10.0 Å². The van der Waals surface area contributed by atoms with Crippen LogP contribution in [0, 0.1) is 0 Å². The molecular weight excluding hydrogens is 380 g/mol. The van der Waals surface area contributed by atoms with Crippen LogP contribution in [0.15, 0.2) is 47.4 Å². The fourth-order valence-corrected chi connectivity index (χ4v) is 4.01. The fourth-order valence-electron chi connectivity index (χ4n) is 2.72. The first-order valence-corrected chi connectivity index (χ1v) is 10.3. The summed E-state index contributed by atoms with van der Waals surface area (Å²) in [7, 11) is -0.569. The second-order valence-electron chi connectivity index (χ2n) is 6.61. The second-order valence-corrected chi connectivity index (χ2v) is 8.32. The van der Waals surface area contributed by atoms with Crippen LogP contribution in [0.3, 0.4) is 0 Å². The standard InChI is InChI=1S/C20H26N2O5S/c1-13(2)22-28(24,25)17-8-6-7-15(11-17)20(23)21-14(3)18-12-16(26-4)9-10-19(18)27-5/h6-14,22H,1-5H3,(H,21,23). The van der Waals surface area contributed by atoms with Gasteiger partial charge < -0.3 is 14.8 Å². The molecule has 1 amide bonds. The minimum Gasteiger partial charge on any atom is -0.497 e. The topological polar surface area (TPSA) is 93.7 Å². The van der Waals surface area contributed by atoms with Crippen LogP contribution in [-0.4, -0.2) is 34.6 Å². The quantitative estimate of drug-likeness (QED) is 0.703. The Hall–Kier alpha value is -2.58. The maximum absolute atomic E-state index is 12.7. The lowest BCUT2D eigenvalue weighted by Gasteiger charge is -2.18. The predicted octanol–water partition coefficient (Wildman–Crippen LogP) is 2.88. The SMILES string of the molecule is COc1ccc(OC)c(C(C)NC(=O)c2cccc(S(=O)(=O)NC(C)C)c2)c1. The van der Waals surface area contributed by atoms with Gasteiger partial charge in [0.2, 0.25) is 10.0 Å². The van der Waals surface area contributed by atoms with E-state index in [1.165, 1.54) is 12.1 Å². The zero-order chi connectivity index (χ0) is 20.9. The van der Waals surface area contributed by atoms with Gasteiger partial charge in [0.1, 0.15) is 11.5 Å². The van der Waals surface area contributed by atoms with Crippen molar-refractivity contribution in [3.8, 4) is 11.5 Å². The third-order valence-corrected chi connectivity index (χ3v) is 5.70. The molecule has 0 heterocycles. The number of rotatable bonds is 8. The van der Waals surface area contributed by atoms with Gasteiger partial charge in [-0.25, -0.2) is 13.1 Å². The maximum Gasteiger partial charge on any atom is 0.251 e. The Bertz CT molecular complexity index is 941. The van der Waals surface area contributed by atoms with Crippen LogP contribution in [0.2, 0.25) is 0 Å². The van der Waals surface area contributed by atoms with Gasteiger partial charge in [0.05, 0.1) is 25.2 Å². The molecule has 28 heavy (non-hydrogen) atoms. The molecule has 2 N–H and O–H groups in total. The van der Waals surface area contributed by atoms with Gasteiger partial charge in [-0.2, -0.15) is 0 Å². The van der Waals surface area contributed by atoms with E-state index in [1.54, 1.807) is 58.4 Å². The Labute approximate surface area is 166 Å². The molecule has 8 heteroatoms. The van der Waals surface area contributed by atoms with Crippen LogP contribution < -0.4 is 19.5 Å². The molecule has 1 unspecified atom stereocenters. The molecule has 0 aliphatic carbocycles. The van der Waals surface area contributed by atoms with Crippen LogP contribution in [0.1, 0.15) is 42.7 Å². The van der Waals surface area contributed by atoms with Crippen LogP contribution in [0.25, 0.3) is 0 Å². The van der Waals surface area contributed by atoms with Gasteiger partial charge in [0.25, 0.3) is 5.91 Å². The van der Waals surface area contributed by atoms with Crippen molar-refractivity contribution in [3.05, 3.63) is 53.6 Å². The van der Waals surface area contributed by atoms with Crippen molar-refractivity contribution in [1.29, 1.82) is 0 Å². The Balaban J connectivity index is 2.25. The average molecular weight is 407 g/mol. The molecule has 0 saturated carbocycles. The first-order valence-electron chi connectivity index (χ1n) is 8.83. The number of ether oxygens (including phenoxy) is 2. The van der Waals surface area contributed by atoms with Gasteiger partial charge in [0.15, 0.2) is 0 Å². The van der Waals surface area contributed by atoms with Gasteiger partial charge >= 0.3 is 0 Å². The highest BCUT2D eigenvalue weighted by Crippen LogP contribution is 2.29. The highest BCUT2D eigenvalue weighted by molar-refractivity contribution is 7.89. The van der Waals surface area contributed by atoms with Crippen molar-refractivity contribution in [2.45, 2.75) is 37.8 Å². The number of carbonyl (C=O) groups is 1. The molecule has 0 bridgehead atoms. The minimum atomic E-state index is -3.68. The van der Waals surface area contributed by atoms with Gasteiger partial charge in [-0.1, -0.05) is 6.07 Å². The molecule has 0 fully saturated rings. The summed E-state index contributed by atoms with van der Waals surface area (Å²) in [6, 6.07) is 10.6. The summed E-state index contributed by atoms with van der Waals surface area (Å²) in [5, 5.41) is 2.87. The number of amides is 1. The summed E-state index contributed by atoms with van der Waals surface area (Å²) < 4.78 is 37.8. The van der Waals surface area contributed by atoms with E-state index in [0.29, 0.717) is 11.5 Å². The average Bonchev–Trinajstić information content (AvgIpc) is 2.66. The summed E-state index contributed by atoms with van der Waals surface area (Å²) in [6.45, 7) is 5.28. The first kappa shape index (κ1) is 21.7. The van der Waals surface area contributed by atoms with E-state index >= 15 is 0 Å². The molecule has 0 aromatic heterocycles. The number of nitrogens with one attached hydrogen (secondary N) is 2. The van der Waals surface area contributed by atoms with E-state index in [1.807, 2.05) is 6.92 Å². The zero-order valence-electron chi connectivity index (χ0n) is 16.6. The lowest BCUT2D eigenvalue weighted by Crippen LogP contribution is -2.31. The molecular formula is C20H26N2O5S. The minimum absolute atomic E-state index is 0.0421. The van der Waals surface area contributed by atoms with E-state index in [-0.39, 0.29) is 28.4 Å². The normalized spacial score (nSPS) is 12.5. The molecule has 2 aromatic carbocycles. The van der Waals surface area contributed by atoms with Crippen LogP contribution >= 0.6 is 0 Å². The van der Waals surface area contributed by atoms with Crippen LogP contribution in [0.5, 0.6) is 11.5 Å². The van der Waals surface area contributed by atoms with Crippen molar-refractivity contribution < 1.29 is 22.7 Å². The van der Waals surface area contributed by atoms with Crippen molar-refractivity contribution >= 4 is 15.9 Å². The lowest BCUT2D eigenvalue weighted by molar-refractivity contribution is 0.0939. The largest absolute Gasteiger partial charge is 0.497 e. The third-order valence-electron chi connectivity index (χ3n) is 4.05. The molecule has 2 aromatic rings. The fraction of sp³-hybridized carbons (Fsp3) is 0.350. The molecule has 2 rings (SSSR count). The Kier molecular flexibility index (Phi) is 7.04. The first-order chi connectivity index (χ1) is 13.2. The smallest absolute Gasteiger partial charge is 0.251 e. The van der Waals surface area contributed by atoms with Gasteiger partial charge in [-0.3, -0.25) is 4.79 Å². The number of hydrogen-bond donors (Lipinski definition) is 2. The third kappa shape index (κ3) is 5.24. The summed E-state index contributed by atoms with van der Waals surface area (Å²) >= 11 is 0. The van der Waals surface area contributed by atoms with Crippen molar-refractivity contribution in [3.63, 3.8) is 0 Å². The highest BCUT2D eigenvalue weighted by atomic mass is 32.2. The molecule has 0 radical (unpaired) electrons. The zero-order valence-corrected chi connectivity index (χ0v) is 17.5. The van der Waals surface area contributed by atoms with Gasteiger partial charge in [0, 0.05) is 17.2 Å². The van der Waals surface area contributed by atoms with E-state index in [4.69, 9.17) is 9.47 Å². The second kappa shape index (κ2) is 9.07. The lowest BCUT2D eigenvalue weighted by atomic mass is 10.1. The maximum atomic E-state index is 12.7. The van der Waals surface area contributed by atoms with Gasteiger partial charge in [-0.05, 0) is 57.2 Å². The number of hydrogen-bond acceptors (Lipinski definition) is 5. The molecule has 0 saturated heterocycles. The van der Waals surface area contributed by atoms with E-state index < -0.39 is 10.0 Å². The monoisotopic (exact) mass is 406 g/mol. The Morgan fingerprint density at radius 1 is 1.00 bits per heavy atom. The molecule has 7 nitrogen and oxygen atoms in total. The summed E-state index contributed by atoms with van der Waals surface area (Å²) in [6.07, 6.45) is 0. The van der Waals surface area contributed by atoms with Crippen molar-refractivity contribution in [2.24, 2.45) is 0 Å². The van der Waals surface area contributed by atoms with E-state index in [0.717, 1.165) is 5.56 Å². The molecule has 152 valence electrons. The molecule has 1 atom stereocenters. The summed E-state index contributed by atoms with van der Waals surface area (Å²) in [4.78, 5) is 12.7. The van der Waals surface area contributed by atoms with Crippen LogP contribution in [0.4, 0.5) is 0 Å². The molecule has 0 aliphatic rings. The van der Waals surface area contributed by atoms with E-state index in [2.05, 4.69) is 10.0 Å². The van der Waals surface area contributed by atoms with Crippen molar-refractivity contribution in [2.75, 3.05) is 14.2 Å². The van der Waals surface area contributed by atoms with Crippen LogP contribution in [-0.2, 0) is 10.0 Å². The molecule has 0 spiro atoms. The Morgan fingerprint density at radius 2 is 1.71 bits per heavy atom. The molecule has 0 aliphatic heterocycles. The number of carbonyl (C=O) groups excluding carboxylic acids is 1.